The first-order valence-corrected chi connectivity index (χ1v) is 11.7. The normalized spacial score (nSPS) is 14.3. The fourth-order valence-electron chi connectivity index (χ4n) is 3.90. The maximum atomic E-state index is 13.7. The average molecular weight is 472 g/mol. The number of aromatic nitrogens is 1. The van der Waals surface area contributed by atoms with Gasteiger partial charge in [0.05, 0.1) is 44.8 Å². The van der Waals surface area contributed by atoms with Crippen molar-refractivity contribution in [2.75, 3.05) is 65.6 Å². The van der Waals surface area contributed by atoms with Crippen molar-refractivity contribution in [1.29, 1.82) is 0 Å². The first-order chi connectivity index (χ1) is 16.1. The molecule has 0 radical (unpaired) electrons. The van der Waals surface area contributed by atoms with Gasteiger partial charge in [0.25, 0.3) is 5.91 Å². The monoisotopic (exact) mass is 471 g/mol. The summed E-state index contributed by atoms with van der Waals surface area (Å²) < 4.78 is 22.8. The molecule has 3 aromatic rings. The van der Waals surface area contributed by atoms with Crippen molar-refractivity contribution in [1.82, 2.24) is 9.88 Å². The number of fused-ring (bicyclic) bond motifs is 1. The molecule has 2 aromatic carbocycles. The first-order valence-electron chi connectivity index (χ1n) is 10.9. The third-order valence-electron chi connectivity index (χ3n) is 5.63. The quantitative estimate of drug-likeness (QED) is 0.471. The molecule has 0 atom stereocenters. The molecule has 1 amide bonds. The molecule has 4 rings (SSSR count). The molecule has 1 aliphatic rings. The molecule has 0 bridgehead atoms. The number of nitrogens with zero attached hydrogens (tertiary/aromatic N) is 3. The van der Waals surface area contributed by atoms with Gasteiger partial charge in [-0.25, -0.2) is 4.98 Å². The van der Waals surface area contributed by atoms with Crippen LogP contribution in [0.15, 0.2) is 36.4 Å². The third-order valence-corrected chi connectivity index (χ3v) is 6.69. The highest BCUT2D eigenvalue weighted by Gasteiger charge is 2.25. The van der Waals surface area contributed by atoms with Gasteiger partial charge in [-0.15, -0.1) is 0 Å². The van der Waals surface area contributed by atoms with Crippen LogP contribution in [0.5, 0.6) is 17.2 Å². The van der Waals surface area contributed by atoms with Crippen molar-refractivity contribution in [3.05, 3.63) is 42.0 Å². The van der Waals surface area contributed by atoms with Crippen LogP contribution in [0.25, 0.3) is 10.2 Å². The Morgan fingerprint density at radius 3 is 2.42 bits per heavy atom. The molecule has 1 saturated heterocycles. The van der Waals surface area contributed by atoms with Crippen LogP contribution in [0.1, 0.15) is 16.8 Å². The summed E-state index contributed by atoms with van der Waals surface area (Å²) in [4.78, 5) is 22.6. The molecule has 2 heterocycles. The summed E-state index contributed by atoms with van der Waals surface area (Å²) in [5.41, 5.74) is 1.34. The Hall–Kier alpha value is -2.88. The van der Waals surface area contributed by atoms with Crippen molar-refractivity contribution in [2.45, 2.75) is 6.42 Å². The van der Waals surface area contributed by atoms with Gasteiger partial charge in [-0.2, -0.15) is 0 Å². The minimum Gasteiger partial charge on any atom is -0.493 e. The number of ether oxygens (including phenoxy) is 4. The molecule has 9 heteroatoms. The van der Waals surface area contributed by atoms with E-state index in [2.05, 4.69) is 4.90 Å². The fraction of sp³-hybridized carbons (Fsp3) is 0.417. The van der Waals surface area contributed by atoms with Crippen molar-refractivity contribution < 1.29 is 23.7 Å². The van der Waals surface area contributed by atoms with E-state index in [-0.39, 0.29) is 5.91 Å². The number of rotatable bonds is 9. The Morgan fingerprint density at radius 1 is 1.09 bits per heavy atom. The molecule has 0 spiro atoms. The number of methoxy groups -OCH3 is 3. The zero-order valence-corrected chi connectivity index (χ0v) is 20.0. The van der Waals surface area contributed by atoms with Gasteiger partial charge in [0, 0.05) is 31.7 Å². The van der Waals surface area contributed by atoms with E-state index >= 15 is 0 Å². The maximum absolute atomic E-state index is 13.7. The van der Waals surface area contributed by atoms with Crippen molar-refractivity contribution in [3.8, 4) is 17.2 Å². The Balaban J connectivity index is 1.63. The SMILES string of the molecule is COc1cc(C(=O)N(CCCN2CCOCC2)c2nc3ccccc3s2)cc(OC)c1OC. The number of carbonyl (C=O) groups excluding carboxylic acids is 1. The number of morpholine rings is 1. The van der Waals surface area contributed by atoms with E-state index in [1.807, 2.05) is 24.3 Å². The molecule has 33 heavy (non-hydrogen) atoms. The minimum atomic E-state index is -0.157. The van der Waals surface area contributed by atoms with E-state index < -0.39 is 0 Å². The van der Waals surface area contributed by atoms with Crippen molar-refractivity contribution in [3.63, 3.8) is 0 Å². The van der Waals surface area contributed by atoms with Crippen LogP contribution in [0, 0.1) is 0 Å². The number of para-hydroxylation sites is 1. The predicted octanol–water partition coefficient (Wildman–Crippen LogP) is 3.69. The van der Waals surface area contributed by atoms with Gasteiger partial charge >= 0.3 is 0 Å². The number of thiazole rings is 1. The van der Waals surface area contributed by atoms with Crippen molar-refractivity contribution >= 4 is 32.6 Å². The molecule has 0 aliphatic carbocycles. The second kappa shape index (κ2) is 10.8. The number of benzene rings is 2. The van der Waals surface area contributed by atoms with Crippen LogP contribution in [0.2, 0.25) is 0 Å². The number of amides is 1. The van der Waals surface area contributed by atoms with Gasteiger partial charge in [-0.3, -0.25) is 14.6 Å². The Bertz CT molecular complexity index is 1040. The van der Waals surface area contributed by atoms with E-state index in [0.29, 0.717) is 34.5 Å². The largest absolute Gasteiger partial charge is 0.493 e. The van der Waals surface area contributed by atoms with Crippen molar-refractivity contribution in [2.24, 2.45) is 0 Å². The van der Waals surface area contributed by atoms with Crippen LogP contribution < -0.4 is 19.1 Å². The average Bonchev–Trinajstić information content (AvgIpc) is 3.29. The summed E-state index contributed by atoms with van der Waals surface area (Å²) in [6.45, 7) is 4.79. The molecule has 1 fully saturated rings. The Labute approximate surface area is 197 Å². The predicted molar refractivity (Wildman–Crippen MR) is 129 cm³/mol. The van der Waals surface area contributed by atoms with Gasteiger partial charge in [-0.1, -0.05) is 23.5 Å². The molecule has 0 unspecified atom stereocenters. The van der Waals surface area contributed by atoms with Crippen LogP contribution in [-0.2, 0) is 4.74 Å². The zero-order chi connectivity index (χ0) is 23.2. The second-order valence-corrected chi connectivity index (χ2v) is 8.65. The van der Waals surface area contributed by atoms with Gasteiger partial charge < -0.3 is 18.9 Å². The minimum absolute atomic E-state index is 0.157. The molecule has 0 saturated carbocycles. The standard InChI is InChI=1S/C24H29N3O5S/c1-29-19-15-17(16-20(30-2)22(19)31-3)23(28)27(10-6-9-26-11-13-32-14-12-26)24-25-18-7-4-5-8-21(18)33-24/h4-5,7-8,15-16H,6,9-14H2,1-3H3. The number of anilines is 1. The molecule has 176 valence electrons. The summed E-state index contributed by atoms with van der Waals surface area (Å²) in [7, 11) is 4.62. The number of carbonyl (C=O) groups is 1. The summed E-state index contributed by atoms with van der Waals surface area (Å²) in [5.74, 6) is 1.18. The molecule has 1 aromatic heterocycles. The summed E-state index contributed by atoms with van der Waals surface area (Å²) in [6.07, 6.45) is 0.825. The summed E-state index contributed by atoms with van der Waals surface area (Å²) in [6, 6.07) is 11.3. The highest BCUT2D eigenvalue weighted by molar-refractivity contribution is 7.22. The van der Waals surface area contributed by atoms with Gasteiger partial charge in [0.15, 0.2) is 16.6 Å². The van der Waals surface area contributed by atoms with Gasteiger partial charge in [-0.05, 0) is 30.7 Å². The maximum Gasteiger partial charge on any atom is 0.260 e. The summed E-state index contributed by atoms with van der Waals surface area (Å²) in [5, 5.41) is 0.678. The second-order valence-electron chi connectivity index (χ2n) is 7.64. The van der Waals surface area contributed by atoms with E-state index in [0.717, 1.165) is 49.5 Å². The highest BCUT2D eigenvalue weighted by atomic mass is 32.1. The lowest BCUT2D eigenvalue weighted by Crippen LogP contribution is -2.39. The van der Waals surface area contributed by atoms with Crippen LogP contribution in [-0.4, -0.2) is 76.5 Å². The van der Waals surface area contributed by atoms with E-state index in [4.69, 9.17) is 23.9 Å². The van der Waals surface area contributed by atoms with Gasteiger partial charge in [0.1, 0.15) is 0 Å². The number of hydrogen-bond donors (Lipinski definition) is 0. The Morgan fingerprint density at radius 2 is 1.79 bits per heavy atom. The Kier molecular flexibility index (Phi) is 7.64. The fourth-order valence-corrected chi connectivity index (χ4v) is 4.89. The molecule has 8 nitrogen and oxygen atoms in total. The van der Waals surface area contributed by atoms with Crippen LogP contribution in [0.3, 0.4) is 0 Å². The smallest absolute Gasteiger partial charge is 0.260 e. The van der Waals surface area contributed by atoms with Crippen LogP contribution >= 0.6 is 11.3 Å². The summed E-state index contributed by atoms with van der Waals surface area (Å²) >= 11 is 1.52. The van der Waals surface area contributed by atoms with E-state index in [9.17, 15) is 4.79 Å². The highest BCUT2D eigenvalue weighted by Crippen LogP contribution is 2.39. The lowest BCUT2D eigenvalue weighted by molar-refractivity contribution is 0.0376. The van der Waals surface area contributed by atoms with E-state index in [1.54, 1.807) is 38.4 Å². The number of hydrogen-bond acceptors (Lipinski definition) is 8. The van der Waals surface area contributed by atoms with Gasteiger partial charge in [0.2, 0.25) is 5.75 Å². The molecular weight excluding hydrogens is 442 g/mol. The molecule has 0 N–H and O–H groups in total. The topological polar surface area (TPSA) is 73.4 Å². The lowest BCUT2D eigenvalue weighted by Gasteiger charge is -2.28. The van der Waals surface area contributed by atoms with E-state index in [1.165, 1.54) is 11.3 Å². The van der Waals surface area contributed by atoms with Crippen LogP contribution in [0.4, 0.5) is 5.13 Å². The molecular formula is C24H29N3O5S. The lowest BCUT2D eigenvalue weighted by atomic mass is 10.1. The zero-order valence-electron chi connectivity index (χ0n) is 19.2. The molecule has 1 aliphatic heterocycles. The third kappa shape index (κ3) is 5.21. The first kappa shape index (κ1) is 23.3.